The van der Waals surface area contributed by atoms with E-state index in [1.165, 1.54) is 88.9 Å². The molecule has 3 aliphatic carbocycles. The van der Waals surface area contributed by atoms with Crippen LogP contribution in [0.3, 0.4) is 0 Å². The van der Waals surface area contributed by atoms with E-state index in [-0.39, 0.29) is 0 Å². The smallest absolute Gasteiger partial charge is 0.199 e. The number of ether oxygens (including phenoxy) is 2. The van der Waals surface area contributed by atoms with Crippen molar-refractivity contribution in [3.63, 3.8) is 0 Å². The molecule has 3 heteroatoms. The van der Waals surface area contributed by atoms with Crippen LogP contribution in [-0.4, -0.2) is 18.9 Å². The molecule has 0 spiro atoms. The molecule has 4 atom stereocenters. The first kappa shape index (κ1) is 18.6. The Hall–Kier alpha value is -1.38. The zero-order chi connectivity index (χ0) is 18.8. The zero-order valence-electron chi connectivity index (χ0n) is 17.3. The maximum atomic E-state index is 6.73. The molecule has 5 rings (SSSR count). The van der Waals surface area contributed by atoms with Crippen molar-refractivity contribution in [1.29, 1.82) is 0 Å². The molecule has 1 saturated heterocycles. The predicted octanol–water partition coefficient (Wildman–Crippen LogP) is 6.92. The summed E-state index contributed by atoms with van der Waals surface area (Å²) in [4.78, 5) is 0. The average Bonchev–Trinajstić information content (AvgIpc) is 2.78. The van der Waals surface area contributed by atoms with Gasteiger partial charge in [-0.3, -0.25) is 0 Å². The molecule has 0 aromatic rings. The van der Waals surface area contributed by atoms with Gasteiger partial charge in [0.05, 0.1) is 12.2 Å². The van der Waals surface area contributed by atoms with E-state index in [0.717, 1.165) is 11.5 Å². The van der Waals surface area contributed by atoms with Crippen molar-refractivity contribution in [3.8, 4) is 0 Å². The second-order valence-electron chi connectivity index (χ2n) is 9.56. The van der Waals surface area contributed by atoms with Gasteiger partial charge in [0.25, 0.3) is 0 Å². The fraction of sp³-hybridized carbons (Fsp3) is 0.680. The fourth-order valence-corrected chi connectivity index (χ4v) is 6.51. The van der Waals surface area contributed by atoms with Crippen LogP contribution in [0.15, 0.2) is 47.4 Å². The predicted molar refractivity (Wildman–Crippen MR) is 116 cm³/mol. The largest absolute Gasteiger partial charge is 0.491 e. The lowest BCUT2D eigenvalue weighted by Gasteiger charge is -2.49. The van der Waals surface area contributed by atoms with E-state index >= 15 is 0 Å². The van der Waals surface area contributed by atoms with Crippen LogP contribution in [-0.2, 0) is 9.47 Å². The first-order valence-electron chi connectivity index (χ1n) is 12.0. The maximum absolute atomic E-state index is 6.73. The number of fused-ring (bicyclic) bond motifs is 4. The third kappa shape index (κ3) is 3.62. The highest BCUT2D eigenvalue weighted by molar-refractivity contribution is 6.71. The molecule has 150 valence electrons. The average molecular weight is 378 g/mol. The minimum atomic E-state index is 0.403. The Morgan fingerprint density at radius 2 is 1.25 bits per heavy atom. The van der Waals surface area contributed by atoms with Crippen molar-refractivity contribution in [1.82, 2.24) is 0 Å². The zero-order valence-corrected chi connectivity index (χ0v) is 17.3. The van der Waals surface area contributed by atoms with E-state index in [4.69, 9.17) is 9.47 Å². The molecule has 2 heterocycles. The van der Waals surface area contributed by atoms with Gasteiger partial charge in [-0.25, -0.2) is 0 Å². The van der Waals surface area contributed by atoms with Gasteiger partial charge in [-0.2, -0.15) is 0 Å². The van der Waals surface area contributed by atoms with Crippen LogP contribution in [0.4, 0.5) is 0 Å². The summed E-state index contributed by atoms with van der Waals surface area (Å²) in [5, 5.41) is 0. The van der Waals surface area contributed by atoms with Crippen LogP contribution in [0.1, 0.15) is 83.5 Å². The molecule has 2 saturated carbocycles. The third-order valence-electron chi connectivity index (χ3n) is 7.82. The highest BCUT2D eigenvalue weighted by Gasteiger charge is 2.52. The Balaban J connectivity index is 1.58. The molecule has 5 aliphatic rings. The summed E-state index contributed by atoms with van der Waals surface area (Å²) in [6, 6.07) is 0. The van der Waals surface area contributed by atoms with E-state index in [2.05, 4.69) is 30.4 Å². The molecule has 0 aromatic carbocycles. The van der Waals surface area contributed by atoms with Gasteiger partial charge < -0.3 is 9.47 Å². The van der Waals surface area contributed by atoms with Gasteiger partial charge in [-0.05, 0) is 49.5 Å². The van der Waals surface area contributed by atoms with Crippen LogP contribution in [0.25, 0.3) is 0 Å². The molecule has 28 heavy (non-hydrogen) atoms. The maximum Gasteiger partial charge on any atom is 0.199 e. The van der Waals surface area contributed by atoms with Gasteiger partial charge in [-0.1, -0.05) is 76.0 Å². The molecule has 2 aliphatic heterocycles. The first-order chi connectivity index (χ1) is 13.9. The van der Waals surface area contributed by atoms with Crippen LogP contribution in [0, 0.1) is 0 Å². The van der Waals surface area contributed by atoms with E-state index in [0.29, 0.717) is 30.6 Å². The Labute approximate surface area is 171 Å². The number of hydrogen-bond acceptors (Lipinski definition) is 2. The SMILES string of the molecule is C1=C\C=C2\OC3CCCCCCCC3B3C2=C(\C=C/1)OC1CCCCCCC31. The van der Waals surface area contributed by atoms with Gasteiger partial charge in [0.15, 0.2) is 6.71 Å². The van der Waals surface area contributed by atoms with Crippen molar-refractivity contribution in [2.45, 2.75) is 107 Å². The highest BCUT2D eigenvalue weighted by Crippen LogP contribution is 2.53. The summed E-state index contributed by atoms with van der Waals surface area (Å²) < 4.78 is 13.4. The van der Waals surface area contributed by atoms with E-state index < -0.39 is 0 Å². The molecule has 0 amide bonds. The van der Waals surface area contributed by atoms with Gasteiger partial charge in [0.2, 0.25) is 0 Å². The standard InChI is InChI=1S/C25H35BO2/c1-2-7-13-19-21(15-9-3-1)27-23-17-11-6-12-18-24-25(23)26(19)20-14-8-4-5-10-16-22(20)28-24/h6,11-12,17-22H,1-5,7-10,13-16H2/b11-6-,12-6?,17-11?,18-12-,23-17+,24-18?. The lowest BCUT2D eigenvalue weighted by molar-refractivity contribution is 0.0631. The van der Waals surface area contributed by atoms with Crippen LogP contribution in [0.2, 0.25) is 11.6 Å². The molecule has 3 fully saturated rings. The normalized spacial score (nSPS) is 39.9. The highest BCUT2D eigenvalue weighted by atomic mass is 16.5. The summed E-state index contributed by atoms with van der Waals surface area (Å²) in [6.07, 6.45) is 29.1. The van der Waals surface area contributed by atoms with Gasteiger partial charge >= 0.3 is 0 Å². The lowest BCUT2D eigenvalue weighted by atomic mass is 9.25. The summed E-state index contributed by atoms with van der Waals surface area (Å²) in [5.41, 5.74) is 1.41. The van der Waals surface area contributed by atoms with Crippen molar-refractivity contribution in [2.75, 3.05) is 0 Å². The number of rotatable bonds is 0. The van der Waals surface area contributed by atoms with Crippen LogP contribution >= 0.6 is 0 Å². The number of hydrogen-bond donors (Lipinski definition) is 0. The minimum Gasteiger partial charge on any atom is -0.491 e. The third-order valence-corrected chi connectivity index (χ3v) is 7.82. The lowest BCUT2D eigenvalue weighted by Crippen LogP contribution is -2.49. The molecule has 0 bridgehead atoms. The van der Waals surface area contributed by atoms with E-state index in [9.17, 15) is 0 Å². The Bertz CT molecular complexity index is 689. The van der Waals surface area contributed by atoms with Gasteiger partial charge in [0.1, 0.15) is 11.5 Å². The summed E-state index contributed by atoms with van der Waals surface area (Å²) >= 11 is 0. The molecular weight excluding hydrogens is 343 g/mol. The topological polar surface area (TPSA) is 18.5 Å². The Morgan fingerprint density at radius 1 is 0.643 bits per heavy atom. The van der Waals surface area contributed by atoms with Crippen molar-refractivity contribution < 1.29 is 9.47 Å². The van der Waals surface area contributed by atoms with Crippen LogP contribution in [0.5, 0.6) is 0 Å². The van der Waals surface area contributed by atoms with Gasteiger partial charge in [-0.15, -0.1) is 0 Å². The molecule has 4 unspecified atom stereocenters. The van der Waals surface area contributed by atoms with Crippen LogP contribution < -0.4 is 0 Å². The summed E-state index contributed by atoms with van der Waals surface area (Å²) in [5.74, 6) is 3.58. The minimum absolute atomic E-state index is 0.403. The molecule has 0 aromatic heterocycles. The molecule has 2 nitrogen and oxygen atoms in total. The van der Waals surface area contributed by atoms with Crippen molar-refractivity contribution in [2.24, 2.45) is 0 Å². The van der Waals surface area contributed by atoms with E-state index in [1.54, 1.807) is 0 Å². The first-order valence-corrected chi connectivity index (χ1v) is 12.0. The quantitative estimate of drug-likeness (QED) is 0.426. The van der Waals surface area contributed by atoms with E-state index in [1.807, 2.05) is 0 Å². The second kappa shape index (κ2) is 8.55. The molecule has 0 N–H and O–H groups in total. The van der Waals surface area contributed by atoms with Crippen molar-refractivity contribution in [3.05, 3.63) is 47.4 Å². The summed E-state index contributed by atoms with van der Waals surface area (Å²) in [6.45, 7) is 0.631. The molecular formula is C25H35BO2. The fourth-order valence-electron chi connectivity index (χ4n) is 6.51. The monoisotopic (exact) mass is 378 g/mol. The Kier molecular flexibility index (Phi) is 5.69. The van der Waals surface area contributed by atoms with Crippen molar-refractivity contribution >= 4 is 6.71 Å². The second-order valence-corrected chi connectivity index (χ2v) is 9.56. The molecule has 0 radical (unpaired) electrons. The summed E-state index contributed by atoms with van der Waals surface area (Å²) in [7, 11) is 0. The Morgan fingerprint density at radius 3 is 1.96 bits per heavy atom. The van der Waals surface area contributed by atoms with Gasteiger partial charge in [0, 0.05) is 5.47 Å². The number of allylic oxidation sites excluding steroid dienone is 6.